The molecule has 1 N–H and O–H groups in total. The number of nitrogens with one attached hydrogen (secondary N) is 1. The van der Waals surface area contributed by atoms with Crippen molar-refractivity contribution in [1.29, 1.82) is 0 Å². The van der Waals surface area contributed by atoms with E-state index in [0.717, 1.165) is 28.1 Å². The fourth-order valence-corrected chi connectivity index (χ4v) is 4.32. The molecule has 0 fully saturated rings. The molecular formula is C20H18N6OS2. The number of rotatable bonds is 6. The van der Waals surface area contributed by atoms with Crippen LogP contribution >= 0.6 is 23.1 Å². The van der Waals surface area contributed by atoms with Crippen LogP contribution in [-0.2, 0) is 4.79 Å². The highest BCUT2D eigenvalue weighted by molar-refractivity contribution is 7.99. The van der Waals surface area contributed by atoms with Crippen LogP contribution in [-0.4, -0.2) is 36.9 Å². The number of thioether (sulfide) groups is 1. The van der Waals surface area contributed by atoms with Crippen LogP contribution in [0.25, 0.3) is 16.9 Å². The van der Waals surface area contributed by atoms with Crippen molar-refractivity contribution >= 4 is 34.1 Å². The Balaban J connectivity index is 1.42. The van der Waals surface area contributed by atoms with Gasteiger partial charge in [-0.3, -0.25) is 4.79 Å². The number of carbonyl (C=O) groups is 1. The van der Waals surface area contributed by atoms with Crippen molar-refractivity contribution in [1.82, 2.24) is 25.2 Å². The van der Waals surface area contributed by atoms with Gasteiger partial charge in [0.25, 0.3) is 0 Å². The van der Waals surface area contributed by atoms with E-state index in [0.29, 0.717) is 10.3 Å². The fourth-order valence-electron chi connectivity index (χ4n) is 2.91. The van der Waals surface area contributed by atoms with Crippen LogP contribution in [0.1, 0.15) is 11.1 Å². The van der Waals surface area contributed by atoms with Crippen LogP contribution in [0, 0.1) is 13.8 Å². The van der Waals surface area contributed by atoms with Gasteiger partial charge in [0.05, 0.1) is 17.1 Å². The smallest absolute Gasteiger partial charge is 0.236 e. The summed E-state index contributed by atoms with van der Waals surface area (Å²) in [5, 5.41) is 17.9. The van der Waals surface area contributed by atoms with Crippen LogP contribution in [0.3, 0.4) is 0 Å². The Hall–Kier alpha value is -3.04. The number of para-hydroxylation sites is 1. The molecule has 7 nitrogen and oxygen atoms in total. The fraction of sp³-hybridized carbons (Fsp3) is 0.150. The van der Waals surface area contributed by atoms with E-state index < -0.39 is 0 Å². The molecular weight excluding hydrogens is 404 g/mol. The summed E-state index contributed by atoms with van der Waals surface area (Å²) >= 11 is 2.69. The highest BCUT2D eigenvalue weighted by Gasteiger charge is 2.15. The third kappa shape index (κ3) is 4.36. The predicted molar refractivity (Wildman–Crippen MR) is 116 cm³/mol. The van der Waals surface area contributed by atoms with Crippen molar-refractivity contribution < 1.29 is 4.79 Å². The van der Waals surface area contributed by atoms with Gasteiger partial charge in [0.1, 0.15) is 0 Å². The number of hydrogen-bond donors (Lipinski definition) is 1. The lowest BCUT2D eigenvalue weighted by Gasteiger charge is -2.10. The molecule has 1 amide bonds. The third-order valence-electron chi connectivity index (χ3n) is 4.24. The number of hydrogen-bond acceptors (Lipinski definition) is 7. The summed E-state index contributed by atoms with van der Waals surface area (Å²) in [6.07, 6.45) is 0. The van der Waals surface area contributed by atoms with Crippen molar-refractivity contribution in [3.8, 4) is 16.9 Å². The molecule has 0 radical (unpaired) electrons. The van der Waals surface area contributed by atoms with Crippen molar-refractivity contribution in [2.24, 2.45) is 0 Å². The van der Waals surface area contributed by atoms with E-state index in [1.165, 1.54) is 23.1 Å². The van der Waals surface area contributed by atoms with Crippen molar-refractivity contribution in [3.05, 3.63) is 65.0 Å². The topological polar surface area (TPSA) is 85.6 Å². The number of thiazole rings is 1. The van der Waals surface area contributed by atoms with Gasteiger partial charge >= 0.3 is 0 Å². The molecule has 0 saturated heterocycles. The first-order valence-corrected chi connectivity index (χ1v) is 10.8. The molecule has 29 heavy (non-hydrogen) atoms. The van der Waals surface area contributed by atoms with Crippen molar-refractivity contribution in [3.63, 3.8) is 0 Å². The number of aromatic nitrogens is 5. The lowest BCUT2D eigenvalue weighted by molar-refractivity contribution is -0.113. The summed E-state index contributed by atoms with van der Waals surface area (Å²) in [7, 11) is 0. The Morgan fingerprint density at radius 3 is 2.62 bits per heavy atom. The maximum atomic E-state index is 12.4. The lowest BCUT2D eigenvalue weighted by Crippen LogP contribution is -2.14. The first-order valence-electron chi connectivity index (χ1n) is 8.90. The summed E-state index contributed by atoms with van der Waals surface area (Å²) in [6, 6.07) is 15.9. The Morgan fingerprint density at radius 1 is 1.10 bits per heavy atom. The molecule has 146 valence electrons. The summed E-state index contributed by atoms with van der Waals surface area (Å²) in [5.41, 5.74) is 4.94. The van der Waals surface area contributed by atoms with E-state index in [1.807, 2.05) is 67.8 Å². The molecule has 9 heteroatoms. The number of nitrogens with zero attached hydrogens (tertiary/aromatic N) is 5. The van der Waals surface area contributed by atoms with Gasteiger partial charge in [-0.15, -0.1) is 16.4 Å². The molecule has 4 rings (SSSR count). The first-order chi connectivity index (χ1) is 14.1. The molecule has 2 heterocycles. The molecule has 0 bridgehead atoms. The monoisotopic (exact) mass is 422 g/mol. The molecule has 0 aliphatic heterocycles. The maximum absolute atomic E-state index is 12.4. The number of aryl methyl sites for hydroxylation is 2. The zero-order valence-corrected chi connectivity index (χ0v) is 17.5. The number of amides is 1. The van der Waals surface area contributed by atoms with Crippen LogP contribution in [0.2, 0.25) is 0 Å². The van der Waals surface area contributed by atoms with E-state index in [4.69, 9.17) is 0 Å². The number of anilines is 1. The normalized spacial score (nSPS) is 10.8. The Bertz CT molecular complexity index is 1120. The minimum atomic E-state index is -0.153. The molecule has 0 aliphatic rings. The molecule has 2 aromatic heterocycles. The van der Waals surface area contributed by atoms with Gasteiger partial charge in [0, 0.05) is 10.9 Å². The van der Waals surface area contributed by atoms with Crippen LogP contribution in [0.15, 0.2) is 59.1 Å². The average molecular weight is 423 g/mol. The van der Waals surface area contributed by atoms with E-state index in [9.17, 15) is 4.79 Å². The number of tetrazole rings is 1. The predicted octanol–water partition coefficient (Wildman–Crippen LogP) is 4.13. The van der Waals surface area contributed by atoms with E-state index >= 15 is 0 Å². The standard InChI is InChI=1S/C20H18N6OS2/c1-13-7-6-8-14(2)18(13)26-20(23-24-25-26)29-12-17(27)22-19-21-16(11-28-19)15-9-4-3-5-10-15/h3-11H,12H2,1-2H3,(H,21,22,27). The second kappa shape index (κ2) is 8.54. The minimum Gasteiger partial charge on any atom is -0.301 e. The van der Waals surface area contributed by atoms with Crippen LogP contribution in [0.4, 0.5) is 5.13 Å². The first kappa shape index (κ1) is 19.3. The summed E-state index contributed by atoms with van der Waals surface area (Å²) in [5.74, 6) is 0.0333. The largest absolute Gasteiger partial charge is 0.301 e. The quantitative estimate of drug-likeness (QED) is 0.470. The van der Waals surface area contributed by atoms with E-state index in [-0.39, 0.29) is 11.7 Å². The zero-order valence-electron chi connectivity index (χ0n) is 15.9. The van der Waals surface area contributed by atoms with Crippen molar-refractivity contribution in [2.45, 2.75) is 19.0 Å². The molecule has 0 atom stereocenters. The van der Waals surface area contributed by atoms with Gasteiger partial charge in [-0.2, -0.15) is 4.68 Å². The second-order valence-electron chi connectivity index (χ2n) is 6.35. The molecule has 0 unspecified atom stereocenters. The number of benzene rings is 2. The molecule has 0 aliphatic carbocycles. The third-order valence-corrected chi connectivity index (χ3v) is 5.92. The van der Waals surface area contributed by atoms with Gasteiger partial charge in [0.2, 0.25) is 11.1 Å². The van der Waals surface area contributed by atoms with Gasteiger partial charge < -0.3 is 5.32 Å². The second-order valence-corrected chi connectivity index (χ2v) is 8.16. The Labute approximate surface area is 176 Å². The average Bonchev–Trinajstić information content (AvgIpc) is 3.37. The summed E-state index contributed by atoms with van der Waals surface area (Å²) in [4.78, 5) is 16.9. The molecule has 0 saturated carbocycles. The van der Waals surface area contributed by atoms with Gasteiger partial charge in [-0.05, 0) is 35.4 Å². The van der Waals surface area contributed by atoms with Gasteiger partial charge in [-0.1, -0.05) is 60.3 Å². The van der Waals surface area contributed by atoms with E-state index in [2.05, 4.69) is 25.8 Å². The summed E-state index contributed by atoms with van der Waals surface area (Å²) in [6.45, 7) is 4.02. The lowest BCUT2D eigenvalue weighted by atomic mass is 10.1. The Kier molecular flexibility index (Phi) is 5.68. The summed E-state index contributed by atoms with van der Waals surface area (Å²) < 4.78 is 1.68. The minimum absolute atomic E-state index is 0.153. The Morgan fingerprint density at radius 2 is 1.86 bits per heavy atom. The van der Waals surface area contributed by atoms with Gasteiger partial charge in [-0.25, -0.2) is 4.98 Å². The molecule has 2 aromatic carbocycles. The van der Waals surface area contributed by atoms with Crippen molar-refractivity contribution in [2.75, 3.05) is 11.1 Å². The van der Waals surface area contributed by atoms with Gasteiger partial charge in [0.15, 0.2) is 5.13 Å². The number of carbonyl (C=O) groups excluding carboxylic acids is 1. The van der Waals surface area contributed by atoms with Crippen LogP contribution < -0.4 is 5.32 Å². The van der Waals surface area contributed by atoms with E-state index in [1.54, 1.807) is 4.68 Å². The molecule has 4 aromatic rings. The maximum Gasteiger partial charge on any atom is 0.236 e. The zero-order chi connectivity index (χ0) is 20.2. The van der Waals surface area contributed by atoms with Crippen LogP contribution in [0.5, 0.6) is 0 Å². The highest BCUT2D eigenvalue weighted by Crippen LogP contribution is 2.26. The highest BCUT2D eigenvalue weighted by atomic mass is 32.2. The SMILES string of the molecule is Cc1cccc(C)c1-n1nnnc1SCC(=O)Nc1nc(-c2ccccc2)cs1. The molecule has 0 spiro atoms.